The van der Waals surface area contributed by atoms with Gasteiger partial charge in [-0.25, -0.2) is 0 Å². The van der Waals surface area contributed by atoms with Crippen molar-refractivity contribution in [3.05, 3.63) is 68.6 Å². The average Bonchev–Trinajstić information content (AvgIpc) is 3.08. The van der Waals surface area contributed by atoms with Gasteiger partial charge in [-0.1, -0.05) is 12.1 Å². The summed E-state index contributed by atoms with van der Waals surface area (Å²) in [6, 6.07) is 8.76. The molecule has 0 bridgehead atoms. The Morgan fingerprint density at radius 1 is 1.00 bits per heavy atom. The third kappa shape index (κ3) is 4.16. The fourth-order valence-electron chi connectivity index (χ4n) is 4.67. The molecule has 1 unspecified atom stereocenters. The highest BCUT2D eigenvalue weighted by molar-refractivity contribution is 5.99. The summed E-state index contributed by atoms with van der Waals surface area (Å²) >= 11 is 0. The molecule has 4 rings (SSSR count). The van der Waals surface area contributed by atoms with E-state index in [4.69, 9.17) is 18.6 Å². The molecule has 1 aliphatic rings. The smallest absolute Gasteiger partial charge is 0.290 e. The molecule has 1 atom stereocenters. The Balaban J connectivity index is 1.93. The first kappa shape index (κ1) is 23.8. The topological polar surface area (TPSA) is 78.2 Å². The zero-order valence-corrected chi connectivity index (χ0v) is 20.4. The normalized spacial score (nSPS) is 15.1. The van der Waals surface area contributed by atoms with E-state index in [0.29, 0.717) is 60.8 Å². The van der Waals surface area contributed by atoms with Crippen molar-refractivity contribution in [1.29, 1.82) is 0 Å². The number of carbonyl (C=O) groups is 1. The van der Waals surface area contributed by atoms with Crippen molar-refractivity contribution in [3.63, 3.8) is 0 Å². The van der Waals surface area contributed by atoms with E-state index in [1.807, 2.05) is 58.0 Å². The molecule has 0 saturated carbocycles. The predicted octanol–water partition coefficient (Wildman–Crippen LogP) is 4.79. The van der Waals surface area contributed by atoms with E-state index in [1.165, 1.54) is 0 Å². The molecule has 7 heteroatoms. The second kappa shape index (κ2) is 9.89. The Morgan fingerprint density at radius 2 is 1.74 bits per heavy atom. The van der Waals surface area contributed by atoms with Crippen molar-refractivity contribution >= 4 is 16.9 Å². The Labute approximate surface area is 199 Å². The summed E-state index contributed by atoms with van der Waals surface area (Å²) in [5.41, 5.74) is 3.22. The number of nitrogens with zero attached hydrogens (tertiary/aromatic N) is 1. The Kier molecular flexibility index (Phi) is 6.93. The molecule has 0 N–H and O–H groups in total. The minimum Gasteiger partial charge on any atom is -0.490 e. The first-order chi connectivity index (χ1) is 16.4. The SMILES string of the molecule is CCOc1ccc(C2c3c(oc4c(C)cc(C)cc4c3=O)C(=O)N2CCCOC)cc1OCC. The van der Waals surface area contributed by atoms with Crippen LogP contribution in [-0.4, -0.2) is 44.3 Å². The maximum Gasteiger partial charge on any atom is 0.290 e. The van der Waals surface area contributed by atoms with Crippen molar-refractivity contribution in [2.24, 2.45) is 0 Å². The number of fused-ring (bicyclic) bond motifs is 2. The molecule has 1 aromatic heterocycles. The number of ether oxygens (including phenoxy) is 3. The van der Waals surface area contributed by atoms with E-state index in [9.17, 15) is 9.59 Å². The molecule has 1 amide bonds. The molecule has 3 aromatic rings. The van der Waals surface area contributed by atoms with Crippen molar-refractivity contribution in [2.75, 3.05) is 33.5 Å². The van der Waals surface area contributed by atoms with Crippen LogP contribution in [0.3, 0.4) is 0 Å². The summed E-state index contributed by atoms with van der Waals surface area (Å²) in [5, 5.41) is 0.490. The lowest BCUT2D eigenvalue weighted by Crippen LogP contribution is -2.31. The van der Waals surface area contributed by atoms with Crippen LogP contribution in [0.5, 0.6) is 11.5 Å². The van der Waals surface area contributed by atoms with Crippen LogP contribution in [-0.2, 0) is 4.74 Å². The van der Waals surface area contributed by atoms with Crippen LogP contribution >= 0.6 is 0 Å². The Morgan fingerprint density at radius 3 is 2.44 bits per heavy atom. The van der Waals surface area contributed by atoms with Gasteiger partial charge in [-0.15, -0.1) is 0 Å². The second-order valence-corrected chi connectivity index (χ2v) is 8.45. The molecule has 2 heterocycles. The molecular formula is C27H31NO6. The number of hydrogen-bond donors (Lipinski definition) is 0. The van der Waals surface area contributed by atoms with Crippen molar-refractivity contribution in [2.45, 2.75) is 40.2 Å². The van der Waals surface area contributed by atoms with E-state index in [0.717, 1.165) is 16.7 Å². The van der Waals surface area contributed by atoms with E-state index in [2.05, 4.69) is 0 Å². The lowest BCUT2D eigenvalue weighted by molar-refractivity contribution is 0.0707. The van der Waals surface area contributed by atoms with Crippen molar-refractivity contribution in [3.8, 4) is 11.5 Å². The molecule has 0 spiro atoms. The van der Waals surface area contributed by atoms with E-state index in [1.54, 1.807) is 12.0 Å². The van der Waals surface area contributed by atoms with Gasteiger partial charge in [0.05, 0.1) is 30.2 Å². The number of rotatable bonds is 9. The Bertz CT molecular complexity index is 1280. The highest BCUT2D eigenvalue weighted by Gasteiger charge is 2.42. The fourth-order valence-corrected chi connectivity index (χ4v) is 4.67. The van der Waals surface area contributed by atoms with Gasteiger partial charge in [0.1, 0.15) is 5.58 Å². The number of amides is 1. The summed E-state index contributed by atoms with van der Waals surface area (Å²) < 4.78 is 22.9. The molecule has 0 radical (unpaired) electrons. The maximum atomic E-state index is 13.8. The summed E-state index contributed by atoms with van der Waals surface area (Å²) in [6.07, 6.45) is 0.633. The van der Waals surface area contributed by atoms with Crippen LogP contribution in [0.1, 0.15) is 59.1 Å². The minimum atomic E-state index is -0.587. The van der Waals surface area contributed by atoms with Crippen LogP contribution in [0.15, 0.2) is 39.5 Å². The molecule has 0 aliphatic carbocycles. The van der Waals surface area contributed by atoms with Crippen LogP contribution in [0.2, 0.25) is 0 Å². The lowest BCUT2D eigenvalue weighted by atomic mass is 9.97. The molecule has 0 fully saturated rings. The number of methoxy groups -OCH3 is 1. The van der Waals surface area contributed by atoms with Gasteiger partial charge in [-0.3, -0.25) is 9.59 Å². The van der Waals surface area contributed by atoms with Crippen LogP contribution in [0, 0.1) is 13.8 Å². The van der Waals surface area contributed by atoms with Gasteiger partial charge in [0.15, 0.2) is 16.9 Å². The van der Waals surface area contributed by atoms with E-state index in [-0.39, 0.29) is 17.1 Å². The van der Waals surface area contributed by atoms with Gasteiger partial charge < -0.3 is 23.5 Å². The number of hydrogen-bond acceptors (Lipinski definition) is 6. The summed E-state index contributed by atoms with van der Waals surface area (Å²) in [7, 11) is 1.63. The van der Waals surface area contributed by atoms with Crippen LogP contribution in [0.4, 0.5) is 0 Å². The minimum absolute atomic E-state index is 0.110. The Hall–Kier alpha value is -3.32. The third-order valence-corrected chi connectivity index (χ3v) is 6.03. The molecule has 2 aromatic carbocycles. The maximum absolute atomic E-state index is 13.8. The lowest BCUT2D eigenvalue weighted by Gasteiger charge is -2.26. The molecule has 34 heavy (non-hydrogen) atoms. The predicted molar refractivity (Wildman–Crippen MR) is 130 cm³/mol. The molecule has 180 valence electrons. The van der Waals surface area contributed by atoms with Gasteiger partial charge >= 0.3 is 0 Å². The monoisotopic (exact) mass is 465 g/mol. The molecular weight excluding hydrogens is 434 g/mol. The van der Waals surface area contributed by atoms with Gasteiger partial charge in [0.25, 0.3) is 5.91 Å². The first-order valence-corrected chi connectivity index (χ1v) is 11.7. The number of benzene rings is 2. The number of aryl methyl sites for hydroxylation is 2. The van der Waals surface area contributed by atoms with Gasteiger partial charge in [0.2, 0.25) is 5.76 Å². The van der Waals surface area contributed by atoms with Crippen LogP contribution in [0.25, 0.3) is 11.0 Å². The van der Waals surface area contributed by atoms with E-state index < -0.39 is 6.04 Å². The second-order valence-electron chi connectivity index (χ2n) is 8.45. The van der Waals surface area contributed by atoms with E-state index >= 15 is 0 Å². The number of carbonyl (C=O) groups excluding carboxylic acids is 1. The zero-order chi connectivity index (χ0) is 24.4. The largest absolute Gasteiger partial charge is 0.490 e. The molecule has 1 aliphatic heterocycles. The van der Waals surface area contributed by atoms with Gasteiger partial charge in [-0.2, -0.15) is 0 Å². The van der Waals surface area contributed by atoms with Gasteiger partial charge in [0, 0.05) is 20.3 Å². The van der Waals surface area contributed by atoms with Gasteiger partial charge in [-0.05, 0) is 69.0 Å². The standard InChI is InChI=1S/C27H31NO6/c1-6-32-20-10-9-18(15-21(20)33-7-2)23-22-24(29)19-14-16(3)13-17(4)25(19)34-26(22)27(30)28(23)11-8-12-31-5/h9-10,13-15,23H,6-8,11-12H2,1-5H3. The van der Waals surface area contributed by atoms with Crippen molar-refractivity contribution in [1.82, 2.24) is 4.90 Å². The highest BCUT2D eigenvalue weighted by atomic mass is 16.5. The highest BCUT2D eigenvalue weighted by Crippen LogP contribution is 2.41. The fraction of sp³-hybridized carbons (Fsp3) is 0.407. The van der Waals surface area contributed by atoms with Crippen LogP contribution < -0.4 is 14.9 Å². The third-order valence-electron chi connectivity index (χ3n) is 6.03. The first-order valence-electron chi connectivity index (χ1n) is 11.7. The molecule has 7 nitrogen and oxygen atoms in total. The van der Waals surface area contributed by atoms with Crippen molar-refractivity contribution < 1.29 is 23.4 Å². The quantitative estimate of drug-likeness (QED) is 0.423. The zero-order valence-electron chi connectivity index (χ0n) is 20.4. The molecule has 0 saturated heterocycles. The average molecular weight is 466 g/mol. The summed E-state index contributed by atoms with van der Waals surface area (Å²) in [6.45, 7) is 9.54. The summed E-state index contributed by atoms with van der Waals surface area (Å²) in [4.78, 5) is 29.0. The summed E-state index contributed by atoms with van der Waals surface area (Å²) in [5.74, 6) is 1.03.